The Bertz CT molecular complexity index is 548. The Labute approximate surface area is 106 Å². The molecule has 96 valence electrons. The van der Waals surface area contributed by atoms with Gasteiger partial charge in [-0.05, 0) is 26.8 Å². The zero-order valence-corrected chi connectivity index (χ0v) is 10.8. The fourth-order valence-corrected chi connectivity index (χ4v) is 1.83. The second kappa shape index (κ2) is 4.90. The molecule has 4 heteroatoms. The third-order valence-electron chi connectivity index (χ3n) is 2.91. The normalized spacial score (nSPS) is 13.0. The molecule has 0 fully saturated rings. The first-order valence-corrected chi connectivity index (χ1v) is 5.97. The Morgan fingerprint density at radius 1 is 1.33 bits per heavy atom. The fraction of sp³-hybridized carbons (Fsp3) is 0.357. The molecule has 0 saturated carbocycles. The summed E-state index contributed by atoms with van der Waals surface area (Å²) in [5, 5.41) is 14.3. The first-order valence-electron chi connectivity index (χ1n) is 5.97. The van der Waals surface area contributed by atoms with Crippen LogP contribution in [0.5, 0.6) is 0 Å². The molecule has 1 N–H and O–H groups in total. The maximum absolute atomic E-state index is 13.7. The van der Waals surface area contributed by atoms with E-state index >= 15 is 0 Å². The number of rotatable bonds is 3. The van der Waals surface area contributed by atoms with E-state index in [1.54, 1.807) is 29.2 Å². The minimum Gasteiger partial charge on any atom is -0.383 e. The highest BCUT2D eigenvalue weighted by molar-refractivity contribution is 5.31. The summed E-state index contributed by atoms with van der Waals surface area (Å²) in [6, 6.07) is 4.93. The summed E-state index contributed by atoms with van der Waals surface area (Å²) in [5.74, 6) is -0.398. The summed E-state index contributed by atoms with van der Waals surface area (Å²) >= 11 is 0. The Hall–Kier alpha value is -1.68. The van der Waals surface area contributed by atoms with Gasteiger partial charge in [-0.2, -0.15) is 5.10 Å². The molecule has 1 atom stereocenters. The summed E-state index contributed by atoms with van der Waals surface area (Å²) in [4.78, 5) is 0. The van der Waals surface area contributed by atoms with Crippen molar-refractivity contribution in [3.05, 3.63) is 53.1 Å². The molecule has 0 radical (unpaired) electrons. The van der Waals surface area contributed by atoms with Crippen LogP contribution in [0.15, 0.2) is 30.6 Å². The van der Waals surface area contributed by atoms with Gasteiger partial charge < -0.3 is 5.11 Å². The van der Waals surface area contributed by atoms with E-state index in [1.165, 1.54) is 6.07 Å². The van der Waals surface area contributed by atoms with Crippen molar-refractivity contribution in [2.45, 2.75) is 32.9 Å². The van der Waals surface area contributed by atoms with Gasteiger partial charge in [0.15, 0.2) is 0 Å². The highest BCUT2D eigenvalue weighted by atomic mass is 19.1. The Balaban J connectivity index is 2.34. The molecule has 1 aromatic carbocycles. The molecule has 0 saturated heterocycles. The van der Waals surface area contributed by atoms with E-state index in [9.17, 15) is 9.50 Å². The van der Waals surface area contributed by atoms with E-state index in [-0.39, 0.29) is 6.04 Å². The van der Waals surface area contributed by atoms with Crippen LogP contribution in [0.1, 0.15) is 42.7 Å². The number of halogens is 1. The molecule has 1 aromatic heterocycles. The third-order valence-corrected chi connectivity index (χ3v) is 2.91. The van der Waals surface area contributed by atoms with Crippen molar-refractivity contribution in [2.24, 2.45) is 0 Å². The molecule has 0 spiro atoms. The van der Waals surface area contributed by atoms with Gasteiger partial charge in [-0.3, -0.25) is 4.68 Å². The molecule has 0 amide bonds. The minimum absolute atomic E-state index is 0.216. The highest BCUT2D eigenvalue weighted by Gasteiger charge is 2.17. The largest absolute Gasteiger partial charge is 0.383 e. The molecule has 3 nitrogen and oxygen atoms in total. The van der Waals surface area contributed by atoms with Crippen molar-refractivity contribution < 1.29 is 9.50 Å². The molecule has 1 unspecified atom stereocenters. The van der Waals surface area contributed by atoms with Gasteiger partial charge in [-0.25, -0.2) is 4.39 Å². The van der Waals surface area contributed by atoms with Crippen molar-refractivity contribution in [1.29, 1.82) is 0 Å². The smallest absolute Gasteiger partial charge is 0.129 e. The predicted molar refractivity (Wildman–Crippen MR) is 67.8 cm³/mol. The molecular formula is C14H17FN2O. The maximum atomic E-state index is 13.7. The van der Waals surface area contributed by atoms with Crippen LogP contribution in [0.25, 0.3) is 0 Å². The zero-order valence-electron chi connectivity index (χ0n) is 10.8. The van der Waals surface area contributed by atoms with Crippen molar-refractivity contribution in [2.75, 3.05) is 0 Å². The van der Waals surface area contributed by atoms with Crippen LogP contribution in [0.4, 0.5) is 4.39 Å². The molecule has 0 bridgehead atoms. The van der Waals surface area contributed by atoms with E-state index in [0.29, 0.717) is 11.1 Å². The second-order valence-corrected chi connectivity index (χ2v) is 4.77. The quantitative estimate of drug-likeness (QED) is 0.906. The van der Waals surface area contributed by atoms with Gasteiger partial charge in [0, 0.05) is 23.4 Å². The maximum Gasteiger partial charge on any atom is 0.129 e. The van der Waals surface area contributed by atoms with Gasteiger partial charge in [-0.15, -0.1) is 0 Å². The van der Waals surface area contributed by atoms with E-state index in [1.807, 2.05) is 20.8 Å². The van der Waals surface area contributed by atoms with Crippen LogP contribution in [0, 0.1) is 12.7 Å². The first kappa shape index (κ1) is 12.8. The molecular weight excluding hydrogens is 231 g/mol. The Morgan fingerprint density at radius 2 is 2.06 bits per heavy atom. The number of aryl methyl sites for hydroxylation is 1. The van der Waals surface area contributed by atoms with E-state index < -0.39 is 11.9 Å². The summed E-state index contributed by atoms with van der Waals surface area (Å²) in [7, 11) is 0. The lowest BCUT2D eigenvalue weighted by molar-refractivity contribution is 0.214. The van der Waals surface area contributed by atoms with Crippen molar-refractivity contribution in [3.8, 4) is 0 Å². The molecule has 2 aromatic rings. The van der Waals surface area contributed by atoms with Gasteiger partial charge in [-0.1, -0.05) is 17.7 Å². The number of nitrogens with zero attached hydrogens (tertiary/aromatic N) is 2. The fourth-order valence-electron chi connectivity index (χ4n) is 1.83. The summed E-state index contributed by atoms with van der Waals surface area (Å²) in [5.41, 5.74) is 1.81. The Kier molecular flexibility index (Phi) is 3.48. The minimum atomic E-state index is -0.975. The summed E-state index contributed by atoms with van der Waals surface area (Å²) in [6.45, 7) is 5.86. The number of hydrogen-bond acceptors (Lipinski definition) is 2. The van der Waals surface area contributed by atoms with Crippen molar-refractivity contribution in [3.63, 3.8) is 0 Å². The van der Waals surface area contributed by atoms with Gasteiger partial charge in [0.05, 0.1) is 6.20 Å². The number of aliphatic hydroxyl groups is 1. The van der Waals surface area contributed by atoms with Gasteiger partial charge >= 0.3 is 0 Å². The number of aromatic nitrogens is 2. The lowest BCUT2D eigenvalue weighted by Gasteiger charge is -2.11. The molecule has 0 aliphatic carbocycles. The molecule has 18 heavy (non-hydrogen) atoms. The van der Waals surface area contributed by atoms with E-state index in [0.717, 1.165) is 5.56 Å². The summed E-state index contributed by atoms with van der Waals surface area (Å²) < 4.78 is 15.4. The molecule has 0 aliphatic heterocycles. The van der Waals surface area contributed by atoms with Crippen LogP contribution >= 0.6 is 0 Å². The molecule has 1 heterocycles. The van der Waals surface area contributed by atoms with Gasteiger partial charge in [0.25, 0.3) is 0 Å². The first-order chi connectivity index (χ1) is 8.49. The zero-order chi connectivity index (χ0) is 13.3. The van der Waals surface area contributed by atoms with E-state index in [2.05, 4.69) is 5.10 Å². The van der Waals surface area contributed by atoms with Gasteiger partial charge in [0.1, 0.15) is 11.9 Å². The van der Waals surface area contributed by atoms with Crippen LogP contribution in [-0.2, 0) is 0 Å². The second-order valence-electron chi connectivity index (χ2n) is 4.77. The molecule has 0 aliphatic rings. The van der Waals surface area contributed by atoms with Crippen LogP contribution in [0.3, 0.4) is 0 Å². The van der Waals surface area contributed by atoms with Crippen molar-refractivity contribution in [1.82, 2.24) is 9.78 Å². The lowest BCUT2D eigenvalue weighted by Crippen LogP contribution is -2.03. The van der Waals surface area contributed by atoms with E-state index in [4.69, 9.17) is 0 Å². The monoisotopic (exact) mass is 248 g/mol. The molecule has 2 rings (SSSR count). The Morgan fingerprint density at radius 3 is 2.67 bits per heavy atom. The van der Waals surface area contributed by atoms with Crippen LogP contribution in [0.2, 0.25) is 0 Å². The lowest BCUT2D eigenvalue weighted by atomic mass is 10.0. The van der Waals surface area contributed by atoms with Crippen LogP contribution in [-0.4, -0.2) is 14.9 Å². The van der Waals surface area contributed by atoms with Gasteiger partial charge in [0.2, 0.25) is 0 Å². The van der Waals surface area contributed by atoms with Crippen LogP contribution < -0.4 is 0 Å². The topological polar surface area (TPSA) is 38.1 Å². The van der Waals surface area contributed by atoms with Crippen molar-refractivity contribution >= 4 is 0 Å². The average molecular weight is 248 g/mol. The SMILES string of the molecule is Cc1ccc(F)c(C(O)c2cnn(C(C)C)c2)c1. The highest BCUT2D eigenvalue weighted by Crippen LogP contribution is 2.25. The number of benzene rings is 1. The average Bonchev–Trinajstić information content (AvgIpc) is 2.81. The summed E-state index contributed by atoms with van der Waals surface area (Å²) in [6.07, 6.45) is 2.35. The number of hydrogen-bond donors (Lipinski definition) is 1. The standard InChI is InChI=1S/C14H17FN2O/c1-9(2)17-8-11(7-16-17)14(18)12-6-10(3)4-5-13(12)15/h4-9,14,18H,1-3H3. The number of aliphatic hydroxyl groups excluding tert-OH is 1. The third kappa shape index (κ3) is 2.43. The predicted octanol–water partition coefficient (Wildman–Crippen LogP) is 2.99.